The molecule has 118 valence electrons. The number of halogens is 1. The number of rotatable bonds is 7. The van der Waals surface area contributed by atoms with Gasteiger partial charge in [0.15, 0.2) is 0 Å². The summed E-state index contributed by atoms with van der Waals surface area (Å²) in [6, 6.07) is 13.0. The van der Waals surface area contributed by atoms with Gasteiger partial charge < -0.3 is 15.0 Å². The van der Waals surface area contributed by atoms with Crippen molar-refractivity contribution in [2.75, 3.05) is 21.2 Å². The van der Waals surface area contributed by atoms with Crippen molar-refractivity contribution in [1.82, 2.24) is 10.2 Å². The Morgan fingerprint density at radius 3 is 2.45 bits per heavy atom. The standard InChI is InChI=1S/C18H23FN2O/c1-21(2)13-14-8-9-16(18(10-14)22-3)12-20-11-15-6-4-5-7-17(15)19/h4-10,20H,11-13H2,1-3H3. The highest BCUT2D eigenvalue weighted by Gasteiger charge is 2.06. The number of nitrogens with one attached hydrogen (secondary N) is 1. The summed E-state index contributed by atoms with van der Waals surface area (Å²) >= 11 is 0. The average Bonchev–Trinajstić information content (AvgIpc) is 2.49. The molecule has 0 saturated heterocycles. The molecule has 0 heterocycles. The molecule has 2 aromatic rings. The van der Waals surface area contributed by atoms with Gasteiger partial charge in [0.05, 0.1) is 7.11 Å². The van der Waals surface area contributed by atoms with Crippen molar-refractivity contribution in [2.45, 2.75) is 19.6 Å². The van der Waals surface area contributed by atoms with Gasteiger partial charge in [0, 0.05) is 30.8 Å². The number of hydrogen-bond acceptors (Lipinski definition) is 3. The molecule has 0 aliphatic carbocycles. The van der Waals surface area contributed by atoms with E-state index in [0.717, 1.165) is 17.9 Å². The van der Waals surface area contributed by atoms with Crippen LogP contribution in [-0.4, -0.2) is 26.1 Å². The van der Waals surface area contributed by atoms with Crippen molar-refractivity contribution in [1.29, 1.82) is 0 Å². The van der Waals surface area contributed by atoms with Crippen molar-refractivity contribution in [3.8, 4) is 5.75 Å². The smallest absolute Gasteiger partial charge is 0.127 e. The second kappa shape index (κ2) is 7.92. The van der Waals surface area contributed by atoms with Gasteiger partial charge in [-0.25, -0.2) is 4.39 Å². The zero-order valence-corrected chi connectivity index (χ0v) is 13.4. The summed E-state index contributed by atoms with van der Waals surface area (Å²) in [5.41, 5.74) is 2.95. The highest BCUT2D eigenvalue weighted by Crippen LogP contribution is 2.21. The molecule has 0 aromatic heterocycles. The van der Waals surface area contributed by atoms with E-state index < -0.39 is 0 Å². The van der Waals surface area contributed by atoms with Gasteiger partial charge >= 0.3 is 0 Å². The minimum Gasteiger partial charge on any atom is -0.496 e. The van der Waals surface area contributed by atoms with Crippen LogP contribution in [0.3, 0.4) is 0 Å². The van der Waals surface area contributed by atoms with Crippen molar-refractivity contribution in [3.05, 3.63) is 65.0 Å². The first-order valence-electron chi connectivity index (χ1n) is 7.35. The van der Waals surface area contributed by atoms with Crippen LogP contribution in [0.2, 0.25) is 0 Å². The summed E-state index contributed by atoms with van der Waals surface area (Å²) < 4.78 is 19.0. The minimum absolute atomic E-state index is 0.178. The average molecular weight is 302 g/mol. The summed E-state index contributed by atoms with van der Waals surface area (Å²) in [7, 11) is 5.75. The Bertz CT molecular complexity index is 614. The molecule has 2 rings (SSSR count). The van der Waals surface area contributed by atoms with E-state index in [4.69, 9.17) is 4.74 Å². The van der Waals surface area contributed by atoms with E-state index >= 15 is 0 Å². The third kappa shape index (κ3) is 4.55. The molecular formula is C18H23FN2O. The molecular weight excluding hydrogens is 279 g/mol. The molecule has 0 spiro atoms. The Morgan fingerprint density at radius 1 is 1.05 bits per heavy atom. The largest absolute Gasteiger partial charge is 0.496 e. The number of ether oxygens (including phenoxy) is 1. The van der Waals surface area contributed by atoms with Crippen LogP contribution in [-0.2, 0) is 19.6 Å². The van der Waals surface area contributed by atoms with Gasteiger partial charge in [-0.15, -0.1) is 0 Å². The van der Waals surface area contributed by atoms with E-state index in [9.17, 15) is 4.39 Å². The molecule has 0 amide bonds. The van der Waals surface area contributed by atoms with Crippen molar-refractivity contribution < 1.29 is 9.13 Å². The zero-order chi connectivity index (χ0) is 15.9. The summed E-state index contributed by atoms with van der Waals surface area (Å²) in [4.78, 5) is 2.12. The third-order valence-corrected chi connectivity index (χ3v) is 3.44. The first-order chi connectivity index (χ1) is 10.6. The molecule has 1 N–H and O–H groups in total. The lowest BCUT2D eigenvalue weighted by Gasteiger charge is -2.14. The maximum Gasteiger partial charge on any atom is 0.127 e. The Balaban J connectivity index is 1.99. The topological polar surface area (TPSA) is 24.5 Å². The molecule has 0 radical (unpaired) electrons. The molecule has 0 fully saturated rings. The number of nitrogens with zero attached hydrogens (tertiary/aromatic N) is 1. The van der Waals surface area contributed by atoms with E-state index in [-0.39, 0.29) is 5.82 Å². The van der Waals surface area contributed by atoms with Gasteiger partial charge in [0.1, 0.15) is 11.6 Å². The van der Waals surface area contributed by atoms with Crippen molar-refractivity contribution in [3.63, 3.8) is 0 Å². The summed E-state index contributed by atoms with van der Waals surface area (Å²) in [5.74, 6) is 0.684. The second-order valence-corrected chi connectivity index (χ2v) is 5.58. The van der Waals surface area contributed by atoms with Crippen LogP contribution >= 0.6 is 0 Å². The predicted octanol–water partition coefficient (Wildman–Crippen LogP) is 3.19. The number of methoxy groups -OCH3 is 1. The predicted molar refractivity (Wildman–Crippen MR) is 87.3 cm³/mol. The first kappa shape index (κ1) is 16.5. The number of hydrogen-bond donors (Lipinski definition) is 1. The molecule has 4 heteroatoms. The van der Waals surface area contributed by atoms with Gasteiger partial charge in [-0.3, -0.25) is 0 Å². The number of benzene rings is 2. The monoisotopic (exact) mass is 302 g/mol. The Kier molecular flexibility index (Phi) is 5.92. The van der Waals surface area contributed by atoms with E-state index in [0.29, 0.717) is 18.7 Å². The molecule has 0 aliphatic heterocycles. The molecule has 22 heavy (non-hydrogen) atoms. The van der Waals surface area contributed by atoms with E-state index in [1.54, 1.807) is 19.2 Å². The molecule has 2 aromatic carbocycles. The van der Waals surface area contributed by atoms with E-state index in [2.05, 4.69) is 28.4 Å². The fraction of sp³-hybridized carbons (Fsp3) is 0.333. The van der Waals surface area contributed by atoms with Crippen LogP contribution in [0.25, 0.3) is 0 Å². The minimum atomic E-state index is -0.178. The molecule has 0 atom stereocenters. The Labute approximate surface area is 131 Å². The fourth-order valence-corrected chi connectivity index (χ4v) is 2.37. The van der Waals surface area contributed by atoms with Gasteiger partial charge in [0.25, 0.3) is 0 Å². The van der Waals surface area contributed by atoms with Gasteiger partial charge in [0.2, 0.25) is 0 Å². The molecule has 0 saturated carbocycles. The lowest BCUT2D eigenvalue weighted by Crippen LogP contribution is -2.15. The van der Waals surface area contributed by atoms with Crippen molar-refractivity contribution >= 4 is 0 Å². The van der Waals surface area contributed by atoms with Crippen LogP contribution in [0.5, 0.6) is 5.75 Å². The molecule has 0 aliphatic rings. The maximum absolute atomic E-state index is 13.6. The van der Waals surface area contributed by atoms with Gasteiger partial charge in [-0.2, -0.15) is 0 Å². The van der Waals surface area contributed by atoms with Gasteiger partial charge in [-0.1, -0.05) is 30.3 Å². The van der Waals surface area contributed by atoms with E-state index in [1.165, 1.54) is 11.6 Å². The Morgan fingerprint density at radius 2 is 1.77 bits per heavy atom. The normalized spacial score (nSPS) is 11.0. The van der Waals surface area contributed by atoms with Crippen LogP contribution in [0, 0.1) is 5.82 Å². The highest BCUT2D eigenvalue weighted by atomic mass is 19.1. The van der Waals surface area contributed by atoms with Gasteiger partial charge in [-0.05, 0) is 31.8 Å². The molecule has 3 nitrogen and oxygen atoms in total. The van der Waals surface area contributed by atoms with Crippen LogP contribution in [0.1, 0.15) is 16.7 Å². The van der Waals surface area contributed by atoms with Crippen LogP contribution in [0.4, 0.5) is 4.39 Å². The molecule has 0 unspecified atom stereocenters. The fourth-order valence-electron chi connectivity index (χ4n) is 2.37. The maximum atomic E-state index is 13.6. The highest BCUT2D eigenvalue weighted by molar-refractivity contribution is 5.37. The SMILES string of the molecule is COc1cc(CN(C)C)ccc1CNCc1ccccc1F. The summed E-state index contributed by atoms with van der Waals surface area (Å²) in [5, 5.41) is 3.26. The second-order valence-electron chi connectivity index (χ2n) is 5.58. The van der Waals surface area contributed by atoms with Crippen LogP contribution in [0.15, 0.2) is 42.5 Å². The summed E-state index contributed by atoms with van der Waals surface area (Å²) in [6.45, 7) is 2.01. The first-order valence-corrected chi connectivity index (χ1v) is 7.35. The summed E-state index contributed by atoms with van der Waals surface area (Å²) in [6.07, 6.45) is 0. The quantitative estimate of drug-likeness (QED) is 0.850. The molecule has 0 bridgehead atoms. The lowest BCUT2D eigenvalue weighted by molar-refractivity contribution is 0.392. The Hall–Kier alpha value is -1.91. The van der Waals surface area contributed by atoms with Crippen molar-refractivity contribution in [2.24, 2.45) is 0 Å². The lowest BCUT2D eigenvalue weighted by atomic mass is 10.1. The third-order valence-electron chi connectivity index (χ3n) is 3.44. The zero-order valence-electron chi connectivity index (χ0n) is 13.4. The van der Waals surface area contributed by atoms with Crippen LogP contribution < -0.4 is 10.1 Å². The van der Waals surface area contributed by atoms with E-state index in [1.807, 2.05) is 20.2 Å².